The number of sulfone groups is 1. The monoisotopic (exact) mass is 296 g/mol. The van der Waals surface area contributed by atoms with Gasteiger partial charge in [0.15, 0.2) is 0 Å². The smallest absolute Gasteiger partial charge is 0.309 e. The fourth-order valence-electron chi connectivity index (χ4n) is 2.12. The number of carboxylic acids is 1. The van der Waals surface area contributed by atoms with E-state index in [1.807, 2.05) is 0 Å². The molecule has 0 unspecified atom stereocenters. The fourth-order valence-corrected chi connectivity index (χ4v) is 3.93. The lowest BCUT2D eigenvalue weighted by Crippen LogP contribution is -2.25. The van der Waals surface area contributed by atoms with Crippen LogP contribution in [0.3, 0.4) is 0 Å². The lowest BCUT2D eigenvalue weighted by Gasteiger charge is -2.19. The molecule has 1 aliphatic heterocycles. The molecular formula is C14H16O5S. The number of ether oxygens (including phenoxy) is 1. The first-order chi connectivity index (χ1) is 9.20. The van der Waals surface area contributed by atoms with E-state index in [9.17, 15) is 13.2 Å². The minimum Gasteiger partial charge on any atom is -0.496 e. The summed E-state index contributed by atoms with van der Waals surface area (Å²) in [5, 5.41) is 9.14. The van der Waals surface area contributed by atoms with E-state index in [4.69, 9.17) is 9.84 Å². The number of aliphatic carboxylic acids is 1. The van der Waals surface area contributed by atoms with Gasteiger partial charge in [-0.05, 0) is 38.5 Å². The predicted octanol–water partition coefficient (Wildman–Crippen LogP) is 2.32. The summed E-state index contributed by atoms with van der Waals surface area (Å²) in [5.41, 5.74) is -0.653. The molecule has 1 heterocycles. The predicted molar refractivity (Wildman–Crippen MR) is 74.2 cm³/mol. The average Bonchev–Trinajstić information content (AvgIpc) is 2.61. The maximum Gasteiger partial charge on any atom is 0.309 e. The van der Waals surface area contributed by atoms with Crippen LogP contribution in [-0.4, -0.2) is 26.6 Å². The number of carboxylic acid groups (broad SMARTS) is 1. The SMILES string of the molecule is COc1cccc2c1C=C(CC(C)(C)C(=O)O)S2(=O)=O. The molecule has 1 aromatic rings. The number of hydrogen-bond acceptors (Lipinski definition) is 4. The van der Waals surface area contributed by atoms with E-state index in [-0.39, 0.29) is 16.2 Å². The van der Waals surface area contributed by atoms with Gasteiger partial charge in [0.2, 0.25) is 9.84 Å². The largest absolute Gasteiger partial charge is 0.496 e. The second kappa shape index (κ2) is 4.63. The van der Waals surface area contributed by atoms with Gasteiger partial charge in [0.1, 0.15) is 5.75 Å². The van der Waals surface area contributed by atoms with Gasteiger partial charge in [-0.25, -0.2) is 8.42 Å². The van der Waals surface area contributed by atoms with Gasteiger partial charge < -0.3 is 9.84 Å². The zero-order valence-corrected chi connectivity index (χ0v) is 12.3. The fraction of sp³-hybridized carbons (Fsp3) is 0.357. The molecule has 108 valence electrons. The number of fused-ring (bicyclic) bond motifs is 1. The maximum atomic E-state index is 12.4. The molecule has 0 saturated carbocycles. The Balaban J connectivity index is 2.51. The summed E-state index contributed by atoms with van der Waals surface area (Å²) in [6.07, 6.45) is 1.46. The molecule has 6 heteroatoms. The van der Waals surface area contributed by atoms with Crippen molar-refractivity contribution >= 4 is 21.9 Å². The molecule has 1 aromatic carbocycles. The molecule has 0 aliphatic carbocycles. The van der Waals surface area contributed by atoms with Gasteiger partial charge in [-0.1, -0.05) is 6.07 Å². The van der Waals surface area contributed by atoms with Gasteiger partial charge >= 0.3 is 5.97 Å². The van der Waals surface area contributed by atoms with Crippen LogP contribution in [0, 0.1) is 5.41 Å². The van der Waals surface area contributed by atoms with E-state index in [1.54, 1.807) is 12.1 Å². The van der Waals surface area contributed by atoms with Crippen molar-refractivity contribution in [1.82, 2.24) is 0 Å². The van der Waals surface area contributed by atoms with Crippen LogP contribution in [0.15, 0.2) is 28.0 Å². The van der Waals surface area contributed by atoms with E-state index in [0.29, 0.717) is 11.3 Å². The Morgan fingerprint density at radius 1 is 1.35 bits per heavy atom. The first-order valence-corrected chi connectivity index (χ1v) is 7.54. The van der Waals surface area contributed by atoms with Crippen LogP contribution in [0.25, 0.3) is 6.08 Å². The van der Waals surface area contributed by atoms with Crippen molar-refractivity contribution in [2.24, 2.45) is 5.41 Å². The Morgan fingerprint density at radius 3 is 2.55 bits per heavy atom. The van der Waals surface area contributed by atoms with Crippen LogP contribution in [0.2, 0.25) is 0 Å². The number of rotatable bonds is 4. The van der Waals surface area contributed by atoms with Crippen molar-refractivity contribution < 1.29 is 23.1 Å². The molecule has 0 amide bonds. The van der Waals surface area contributed by atoms with Crippen molar-refractivity contribution in [3.05, 3.63) is 28.7 Å². The molecule has 0 fully saturated rings. The molecule has 0 atom stereocenters. The molecule has 1 aliphatic rings. The third kappa shape index (κ3) is 2.20. The van der Waals surface area contributed by atoms with Gasteiger partial charge in [0.25, 0.3) is 0 Å². The van der Waals surface area contributed by atoms with Gasteiger partial charge in [0.05, 0.1) is 22.3 Å². The number of carbonyl (C=O) groups is 1. The molecule has 0 saturated heterocycles. The zero-order chi connectivity index (χ0) is 15.1. The lowest BCUT2D eigenvalue weighted by molar-refractivity contribution is -0.146. The van der Waals surface area contributed by atoms with E-state index in [1.165, 1.54) is 33.1 Å². The van der Waals surface area contributed by atoms with Crippen molar-refractivity contribution in [1.29, 1.82) is 0 Å². The summed E-state index contributed by atoms with van der Waals surface area (Å²) in [5.74, 6) is -0.564. The van der Waals surface area contributed by atoms with E-state index < -0.39 is 21.2 Å². The topological polar surface area (TPSA) is 80.7 Å². The van der Waals surface area contributed by atoms with Crippen LogP contribution in [0.5, 0.6) is 5.75 Å². The van der Waals surface area contributed by atoms with Crippen LogP contribution in [-0.2, 0) is 14.6 Å². The Hall–Kier alpha value is -1.82. The zero-order valence-electron chi connectivity index (χ0n) is 11.5. The summed E-state index contributed by atoms with van der Waals surface area (Å²) < 4.78 is 30.0. The van der Waals surface area contributed by atoms with Crippen molar-refractivity contribution in [3.63, 3.8) is 0 Å². The number of hydrogen-bond donors (Lipinski definition) is 1. The van der Waals surface area contributed by atoms with Crippen LogP contribution in [0.4, 0.5) is 0 Å². The highest BCUT2D eigenvalue weighted by Crippen LogP contribution is 2.42. The standard InChI is InChI=1S/C14H16O5S/c1-14(2,13(15)16)8-9-7-10-11(19-3)5-4-6-12(10)20(9,17)18/h4-7H,8H2,1-3H3,(H,15,16). The van der Waals surface area contributed by atoms with Gasteiger partial charge in [-0.15, -0.1) is 0 Å². The molecule has 2 rings (SSSR count). The van der Waals surface area contributed by atoms with E-state index in [0.717, 1.165) is 0 Å². The molecule has 1 N–H and O–H groups in total. The second-order valence-corrected chi connectivity index (χ2v) is 7.32. The summed E-state index contributed by atoms with van der Waals surface area (Å²) in [7, 11) is -2.16. The van der Waals surface area contributed by atoms with Crippen LogP contribution < -0.4 is 4.74 Å². The Kier molecular flexibility index (Phi) is 3.37. The lowest BCUT2D eigenvalue weighted by atomic mass is 9.89. The molecule has 0 spiro atoms. The van der Waals surface area contributed by atoms with Crippen LogP contribution in [0.1, 0.15) is 25.8 Å². The molecule has 20 heavy (non-hydrogen) atoms. The molecule has 5 nitrogen and oxygen atoms in total. The second-order valence-electron chi connectivity index (χ2n) is 5.35. The number of benzene rings is 1. The first-order valence-electron chi connectivity index (χ1n) is 6.06. The van der Waals surface area contributed by atoms with Gasteiger partial charge in [0, 0.05) is 5.56 Å². The van der Waals surface area contributed by atoms with Crippen LogP contribution >= 0.6 is 0 Å². The quantitative estimate of drug-likeness (QED) is 0.922. The third-order valence-electron chi connectivity index (χ3n) is 3.38. The van der Waals surface area contributed by atoms with Crippen molar-refractivity contribution in [2.45, 2.75) is 25.2 Å². The van der Waals surface area contributed by atoms with E-state index in [2.05, 4.69) is 0 Å². The van der Waals surface area contributed by atoms with Gasteiger partial charge in [-0.2, -0.15) is 0 Å². The minimum atomic E-state index is -3.63. The highest BCUT2D eigenvalue weighted by molar-refractivity contribution is 7.95. The highest BCUT2D eigenvalue weighted by atomic mass is 32.2. The molecule has 0 radical (unpaired) electrons. The minimum absolute atomic E-state index is 0.0531. The number of allylic oxidation sites excluding steroid dienone is 1. The Bertz CT molecular complexity index is 698. The summed E-state index contributed by atoms with van der Waals surface area (Å²) >= 11 is 0. The van der Waals surface area contributed by atoms with Crippen molar-refractivity contribution in [3.8, 4) is 5.75 Å². The van der Waals surface area contributed by atoms with Gasteiger partial charge in [-0.3, -0.25) is 4.79 Å². The normalized spacial score (nSPS) is 16.4. The average molecular weight is 296 g/mol. The molecule has 0 bridgehead atoms. The molecule has 0 aromatic heterocycles. The molecular weight excluding hydrogens is 280 g/mol. The first kappa shape index (κ1) is 14.6. The summed E-state index contributed by atoms with van der Waals surface area (Å²) in [6.45, 7) is 3.01. The Morgan fingerprint density at radius 2 is 2.00 bits per heavy atom. The third-order valence-corrected chi connectivity index (χ3v) is 5.27. The number of methoxy groups -OCH3 is 1. The summed E-state index contributed by atoms with van der Waals surface area (Å²) in [6, 6.07) is 4.79. The summed E-state index contributed by atoms with van der Waals surface area (Å²) in [4.78, 5) is 11.5. The van der Waals surface area contributed by atoms with Crippen molar-refractivity contribution in [2.75, 3.05) is 7.11 Å². The Labute approximate surface area is 117 Å². The maximum absolute atomic E-state index is 12.4. The highest BCUT2D eigenvalue weighted by Gasteiger charge is 2.37. The van der Waals surface area contributed by atoms with E-state index >= 15 is 0 Å².